The zero-order valence-electron chi connectivity index (χ0n) is 20.9. The van der Waals surface area contributed by atoms with Crippen molar-refractivity contribution in [2.45, 2.75) is 64.7 Å². The van der Waals surface area contributed by atoms with Crippen molar-refractivity contribution in [2.75, 3.05) is 6.61 Å². The lowest BCUT2D eigenvalue weighted by atomic mass is 9.82. The van der Waals surface area contributed by atoms with E-state index >= 15 is 0 Å². The first-order valence-electron chi connectivity index (χ1n) is 13.1. The van der Waals surface area contributed by atoms with Crippen LogP contribution in [0.3, 0.4) is 0 Å². The predicted octanol–water partition coefficient (Wildman–Crippen LogP) is 9.06. The molecule has 3 heteroatoms. The fraction of sp³-hybridized carbons (Fsp3) is 0.375. The summed E-state index contributed by atoms with van der Waals surface area (Å²) in [6.07, 6.45) is 11.6. The van der Waals surface area contributed by atoms with E-state index in [2.05, 4.69) is 67.6 Å². The predicted molar refractivity (Wildman–Crippen MR) is 141 cm³/mol. The van der Waals surface area contributed by atoms with Crippen LogP contribution in [-0.2, 0) is 12.8 Å². The number of unbranched alkanes of at least 4 members (excludes halogenated alkanes) is 1. The summed E-state index contributed by atoms with van der Waals surface area (Å²) in [4.78, 5) is 0. The van der Waals surface area contributed by atoms with Gasteiger partial charge in [-0.1, -0.05) is 80.1 Å². The van der Waals surface area contributed by atoms with Crippen LogP contribution in [0, 0.1) is 17.6 Å². The maximum absolute atomic E-state index is 14.4. The van der Waals surface area contributed by atoms with Crippen LogP contribution in [0.2, 0.25) is 0 Å². The summed E-state index contributed by atoms with van der Waals surface area (Å²) in [5.41, 5.74) is 5.68. The second-order valence-corrected chi connectivity index (χ2v) is 9.57. The van der Waals surface area contributed by atoms with Crippen LogP contribution in [-0.4, -0.2) is 6.61 Å². The van der Waals surface area contributed by atoms with Crippen molar-refractivity contribution >= 4 is 0 Å². The molecule has 0 N–H and O–H groups in total. The molecule has 1 nitrogen and oxygen atoms in total. The van der Waals surface area contributed by atoms with Gasteiger partial charge in [0.15, 0.2) is 11.6 Å². The van der Waals surface area contributed by atoms with Gasteiger partial charge in [0.25, 0.3) is 0 Å². The van der Waals surface area contributed by atoms with E-state index in [9.17, 15) is 8.78 Å². The fourth-order valence-electron chi connectivity index (χ4n) is 4.94. The Morgan fingerprint density at radius 1 is 0.771 bits per heavy atom. The minimum atomic E-state index is -0.875. The van der Waals surface area contributed by atoms with Crippen LogP contribution < -0.4 is 4.74 Å². The van der Waals surface area contributed by atoms with Crippen LogP contribution in [0.1, 0.15) is 68.6 Å². The molecule has 1 aliphatic rings. The van der Waals surface area contributed by atoms with Crippen LogP contribution in [0.5, 0.6) is 5.75 Å². The van der Waals surface area contributed by atoms with Crippen LogP contribution in [0.15, 0.2) is 72.8 Å². The Kier molecular flexibility index (Phi) is 8.74. The van der Waals surface area contributed by atoms with Gasteiger partial charge >= 0.3 is 0 Å². The van der Waals surface area contributed by atoms with Crippen molar-refractivity contribution in [1.82, 2.24) is 0 Å². The molecule has 0 saturated heterocycles. The minimum absolute atomic E-state index is 0.0100. The molecule has 0 aliphatic heterocycles. The zero-order chi connectivity index (χ0) is 24.6. The second-order valence-electron chi connectivity index (χ2n) is 9.57. The van der Waals surface area contributed by atoms with E-state index in [1.54, 1.807) is 13.0 Å². The van der Waals surface area contributed by atoms with E-state index in [-0.39, 0.29) is 5.75 Å². The Balaban J connectivity index is 1.32. The average molecular weight is 475 g/mol. The highest BCUT2D eigenvalue weighted by Gasteiger charge is 2.19. The molecular formula is C32H36F2O. The molecule has 35 heavy (non-hydrogen) atoms. The van der Waals surface area contributed by atoms with E-state index in [0.29, 0.717) is 30.4 Å². The molecule has 0 radical (unpaired) electrons. The molecule has 0 heterocycles. The fourth-order valence-corrected chi connectivity index (χ4v) is 4.94. The van der Waals surface area contributed by atoms with Crippen molar-refractivity contribution in [1.29, 1.82) is 0 Å². The molecule has 2 atom stereocenters. The van der Waals surface area contributed by atoms with Crippen molar-refractivity contribution in [2.24, 2.45) is 5.92 Å². The lowest BCUT2D eigenvalue weighted by Crippen LogP contribution is -2.09. The number of ether oxygens (including phenoxy) is 1. The van der Waals surface area contributed by atoms with Gasteiger partial charge in [0.2, 0.25) is 5.82 Å². The number of benzene rings is 3. The van der Waals surface area contributed by atoms with Gasteiger partial charge in [-0.15, -0.1) is 0 Å². The average Bonchev–Trinajstić information content (AvgIpc) is 2.90. The van der Waals surface area contributed by atoms with Crippen LogP contribution >= 0.6 is 0 Å². The zero-order valence-corrected chi connectivity index (χ0v) is 20.9. The van der Waals surface area contributed by atoms with E-state index in [1.807, 2.05) is 0 Å². The first-order valence-corrected chi connectivity index (χ1v) is 13.1. The van der Waals surface area contributed by atoms with Crippen molar-refractivity contribution in [3.63, 3.8) is 0 Å². The summed E-state index contributed by atoms with van der Waals surface area (Å²) < 4.78 is 33.7. The molecule has 2 unspecified atom stereocenters. The highest BCUT2D eigenvalue weighted by atomic mass is 19.2. The SMILES string of the molecule is CCCCc1ccc(-c2ccc(C3C=CC(CCc4ccc(OCC)c(F)c4F)CC3)cc2)cc1. The Labute approximate surface area is 208 Å². The van der Waals surface area contributed by atoms with Crippen LogP contribution in [0.4, 0.5) is 8.78 Å². The van der Waals surface area contributed by atoms with E-state index in [0.717, 1.165) is 25.7 Å². The van der Waals surface area contributed by atoms with Crippen molar-refractivity contribution < 1.29 is 13.5 Å². The summed E-state index contributed by atoms with van der Waals surface area (Å²) in [6, 6.07) is 21.1. The highest BCUT2D eigenvalue weighted by Crippen LogP contribution is 2.34. The third-order valence-corrected chi connectivity index (χ3v) is 7.12. The molecule has 3 aromatic carbocycles. The first kappa shape index (κ1) is 25.2. The minimum Gasteiger partial charge on any atom is -0.491 e. The molecule has 0 bridgehead atoms. The third-order valence-electron chi connectivity index (χ3n) is 7.12. The summed E-state index contributed by atoms with van der Waals surface area (Å²) in [6.45, 7) is 4.30. The Morgan fingerprint density at radius 3 is 2.11 bits per heavy atom. The molecule has 0 fully saturated rings. The number of rotatable bonds is 10. The molecule has 184 valence electrons. The molecule has 0 aromatic heterocycles. The van der Waals surface area contributed by atoms with Gasteiger partial charge in [-0.2, -0.15) is 4.39 Å². The smallest absolute Gasteiger partial charge is 0.200 e. The third kappa shape index (κ3) is 6.39. The second kappa shape index (κ2) is 12.2. The molecule has 0 saturated carbocycles. The highest BCUT2D eigenvalue weighted by molar-refractivity contribution is 5.64. The van der Waals surface area contributed by atoms with E-state index in [4.69, 9.17) is 4.74 Å². The normalized spacial score (nSPS) is 17.5. The van der Waals surface area contributed by atoms with Crippen molar-refractivity contribution in [3.05, 3.63) is 101 Å². The molecule has 4 rings (SSSR count). The Morgan fingerprint density at radius 2 is 1.49 bits per heavy atom. The maximum Gasteiger partial charge on any atom is 0.200 e. The number of aryl methyl sites for hydroxylation is 2. The topological polar surface area (TPSA) is 9.23 Å². The van der Waals surface area contributed by atoms with E-state index < -0.39 is 11.6 Å². The maximum atomic E-state index is 14.4. The van der Waals surface area contributed by atoms with Crippen molar-refractivity contribution in [3.8, 4) is 16.9 Å². The van der Waals surface area contributed by atoms with Gasteiger partial charge in [-0.3, -0.25) is 0 Å². The summed E-state index contributed by atoms with van der Waals surface area (Å²) in [7, 11) is 0. The summed E-state index contributed by atoms with van der Waals surface area (Å²) >= 11 is 0. The molecule has 0 spiro atoms. The molecule has 1 aliphatic carbocycles. The Hall–Kier alpha value is -2.94. The first-order chi connectivity index (χ1) is 17.1. The number of hydrogen-bond donors (Lipinski definition) is 0. The molecule has 0 amide bonds. The summed E-state index contributed by atoms with van der Waals surface area (Å²) in [5.74, 6) is -0.852. The quantitative estimate of drug-likeness (QED) is 0.266. The van der Waals surface area contributed by atoms with Gasteiger partial charge in [-0.25, -0.2) is 4.39 Å². The van der Waals surface area contributed by atoms with Crippen LogP contribution in [0.25, 0.3) is 11.1 Å². The number of halogens is 2. The van der Waals surface area contributed by atoms with Gasteiger partial charge in [0.1, 0.15) is 0 Å². The summed E-state index contributed by atoms with van der Waals surface area (Å²) in [5, 5.41) is 0. The number of hydrogen-bond acceptors (Lipinski definition) is 1. The van der Waals surface area contributed by atoms with Gasteiger partial charge in [0, 0.05) is 5.92 Å². The van der Waals surface area contributed by atoms with Gasteiger partial charge < -0.3 is 4.74 Å². The Bertz CT molecular complexity index is 1120. The molecular weight excluding hydrogens is 438 g/mol. The lowest BCUT2D eigenvalue weighted by Gasteiger charge is -2.23. The van der Waals surface area contributed by atoms with Gasteiger partial charge in [0.05, 0.1) is 6.61 Å². The standard InChI is InChI=1S/C32H36F2O/c1-3-5-6-23-7-12-25(13-8-23)27-17-19-28(20-18-27)26-14-9-24(10-15-26)11-16-29-21-22-30(35-4-2)32(34)31(29)33/h7-9,12-14,17-22,24,26H,3-6,10-11,15-16H2,1-2H3. The van der Waals surface area contributed by atoms with E-state index in [1.165, 1.54) is 41.2 Å². The lowest BCUT2D eigenvalue weighted by molar-refractivity contribution is 0.313. The molecule has 3 aromatic rings. The monoisotopic (exact) mass is 474 g/mol. The largest absolute Gasteiger partial charge is 0.491 e. The van der Waals surface area contributed by atoms with Gasteiger partial charge in [-0.05, 0) is 85.3 Å². The number of allylic oxidation sites excluding steroid dienone is 2.